The lowest BCUT2D eigenvalue weighted by Crippen LogP contribution is -2.27. The molecule has 0 amide bonds. The topological polar surface area (TPSA) is 59.0 Å². The van der Waals surface area contributed by atoms with Crippen molar-refractivity contribution < 1.29 is 19.4 Å². The molecule has 0 aliphatic heterocycles. The van der Waals surface area contributed by atoms with Gasteiger partial charge in [0.05, 0.1) is 19.4 Å². The van der Waals surface area contributed by atoms with E-state index in [1.165, 1.54) is 0 Å². The molecule has 0 atom stereocenters. The van der Waals surface area contributed by atoms with Gasteiger partial charge in [-0.15, -0.1) is 0 Å². The Morgan fingerprint density at radius 3 is 2.33 bits per heavy atom. The summed E-state index contributed by atoms with van der Waals surface area (Å²) >= 11 is 0. The first-order chi connectivity index (χ1) is 11.6. The van der Waals surface area contributed by atoms with Crippen LogP contribution in [0.25, 0.3) is 5.76 Å². The highest BCUT2D eigenvalue weighted by atomic mass is 16.5. The molecule has 0 aliphatic rings. The largest absolute Gasteiger partial charge is 0.505 e. The molecule has 126 valence electrons. The molecular formula is C19H21NO4. The van der Waals surface area contributed by atoms with Crippen LogP contribution < -0.4 is 9.64 Å². The number of para-hydroxylation sites is 2. The molecule has 0 bridgehead atoms. The second-order valence-electron chi connectivity index (χ2n) is 5.01. The molecule has 24 heavy (non-hydrogen) atoms. The molecule has 0 unspecified atom stereocenters. The normalized spacial score (nSPS) is 11.5. The smallest absolute Gasteiger partial charge is 0.358 e. The zero-order valence-electron chi connectivity index (χ0n) is 14.0. The third-order valence-electron chi connectivity index (χ3n) is 3.52. The molecule has 2 rings (SSSR count). The molecule has 0 saturated heterocycles. The summed E-state index contributed by atoms with van der Waals surface area (Å²) in [4.78, 5) is 14.0. The van der Waals surface area contributed by atoms with Crippen molar-refractivity contribution in [3.8, 4) is 5.75 Å². The number of carbonyl (C=O) groups excluding carboxylic acids is 1. The van der Waals surface area contributed by atoms with Crippen molar-refractivity contribution in [2.45, 2.75) is 6.92 Å². The van der Waals surface area contributed by atoms with Crippen molar-refractivity contribution in [2.24, 2.45) is 0 Å². The van der Waals surface area contributed by atoms with Gasteiger partial charge in [-0.3, -0.25) is 0 Å². The first-order valence-corrected chi connectivity index (χ1v) is 7.62. The van der Waals surface area contributed by atoms with E-state index in [4.69, 9.17) is 9.47 Å². The predicted molar refractivity (Wildman–Crippen MR) is 94.0 cm³/mol. The van der Waals surface area contributed by atoms with Gasteiger partial charge in [-0.05, 0) is 19.1 Å². The highest BCUT2D eigenvalue weighted by Crippen LogP contribution is 2.31. The summed E-state index contributed by atoms with van der Waals surface area (Å²) in [7, 11) is 3.24. The number of aliphatic hydroxyl groups is 1. The number of hydrogen-bond donors (Lipinski definition) is 1. The van der Waals surface area contributed by atoms with E-state index >= 15 is 0 Å². The summed E-state index contributed by atoms with van der Waals surface area (Å²) < 4.78 is 10.5. The lowest BCUT2D eigenvalue weighted by atomic mass is 10.1. The van der Waals surface area contributed by atoms with Gasteiger partial charge < -0.3 is 19.5 Å². The summed E-state index contributed by atoms with van der Waals surface area (Å²) in [6.45, 7) is 1.93. The van der Waals surface area contributed by atoms with Crippen LogP contribution >= 0.6 is 0 Å². The molecule has 0 saturated carbocycles. The molecule has 0 aliphatic carbocycles. The van der Waals surface area contributed by atoms with Crippen molar-refractivity contribution in [3.63, 3.8) is 0 Å². The van der Waals surface area contributed by atoms with Crippen LogP contribution in [0.4, 0.5) is 5.69 Å². The zero-order valence-corrected chi connectivity index (χ0v) is 14.0. The number of anilines is 1. The van der Waals surface area contributed by atoms with Crippen molar-refractivity contribution in [3.05, 3.63) is 65.9 Å². The third kappa shape index (κ3) is 3.68. The van der Waals surface area contributed by atoms with Gasteiger partial charge in [-0.1, -0.05) is 42.5 Å². The van der Waals surface area contributed by atoms with Gasteiger partial charge in [0, 0.05) is 12.6 Å². The van der Waals surface area contributed by atoms with Crippen LogP contribution in [0.5, 0.6) is 5.75 Å². The van der Waals surface area contributed by atoms with Crippen LogP contribution in [-0.2, 0) is 9.53 Å². The summed E-state index contributed by atoms with van der Waals surface area (Å²) in [5.74, 6) is -0.169. The maximum absolute atomic E-state index is 12.4. The molecule has 0 fully saturated rings. The minimum Gasteiger partial charge on any atom is -0.505 e. The first-order valence-electron chi connectivity index (χ1n) is 7.62. The summed E-state index contributed by atoms with van der Waals surface area (Å²) in [6, 6.07) is 16.1. The second kappa shape index (κ2) is 8.06. The number of carbonyl (C=O) groups is 1. The van der Waals surface area contributed by atoms with E-state index in [0.29, 0.717) is 17.0 Å². The number of aliphatic hydroxyl groups excluding tert-OH is 1. The quantitative estimate of drug-likeness (QED) is 0.499. The fourth-order valence-electron chi connectivity index (χ4n) is 2.35. The van der Waals surface area contributed by atoms with Crippen molar-refractivity contribution >= 4 is 17.4 Å². The molecule has 5 heteroatoms. The van der Waals surface area contributed by atoms with Crippen LogP contribution in [0.3, 0.4) is 0 Å². The van der Waals surface area contributed by atoms with Crippen LogP contribution in [0.15, 0.2) is 60.3 Å². The minimum atomic E-state index is -0.604. The van der Waals surface area contributed by atoms with Gasteiger partial charge >= 0.3 is 5.97 Å². The molecule has 2 aromatic rings. The van der Waals surface area contributed by atoms with Gasteiger partial charge in [0.25, 0.3) is 0 Å². The Morgan fingerprint density at radius 1 is 1.08 bits per heavy atom. The highest BCUT2D eigenvalue weighted by Gasteiger charge is 2.25. The summed E-state index contributed by atoms with van der Waals surface area (Å²) in [5, 5.41) is 10.7. The minimum absolute atomic E-state index is 0.0487. The highest BCUT2D eigenvalue weighted by molar-refractivity contribution is 6.00. The Labute approximate surface area is 141 Å². The molecule has 0 radical (unpaired) electrons. The van der Waals surface area contributed by atoms with E-state index in [1.807, 2.05) is 18.2 Å². The fourth-order valence-corrected chi connectivity index (χ4v) is 2.35. The standard InChI is InChI=1S/C19H21NO4/c1-4-24-19(22)17(18(21)14-10-6-5-7-11-14)20(2)15-12-8-9-13-16(15)23-3/h5-13,21H,4H2,1-3H3/b18-17+. The number of likely N-dealkylation sites (N-methyl/N-ethyl adjacent to an activating group) is 1. The maximum atomic E-state index is 12.4. The number of nitrogens with zero attached hydrogens (tertiary/aromatic N) is 1. The van der Waals surface area contributed by atoms with Gasteiger partial charge in [0.1, 0.15) is 5.75 Å². The van der Waals surface area contributed by atoms with E-state index in [0.717, 1.165) is 0 Å². The Bertz CT molecular complexity index is 725. The van der Waals surface area contributed by atoms with Gasteiger partial charge in [-0.2, -0.15) is 0 Å². The second-order valence-corrected chi connectivity index (χ2v) is 5.01. The van der Waals surface area contributed by atoms with Crippen LogP contribution in [0, 0.1) is 0 Å². The molecule has 1 N–H and O–H groups in total. The molecule has 5 nitrogen and oxygen atoms in total. The average Bonchev–Trinajstić information content (AvgIpc) is 2.62. The van der Waals surface area contributed by atoms with E-state index in [-0.39, 0.29) is 18.1 Å². The number of benzene rings is 2. The number of methoxy groups -OCH3 is 1. The number of hydrogen-bond acceptors (Lipinski definition) is 5. The van der Waals surface area contributed by atoms with E-state index < -0.39 is 5.97 Å². The predicted octanol–water partition coefficient (Wildman–Crippen LogP) is 3.62. The fraction of sp³-hybridized carbons (Fsp3) is 0.211. The van der Waals surface area contributed by atoms with Gasteiger partial charge in [-0.25, -0.2) is 4.79 Å². The molecule has 2 aromatic carbocycles. The molecule has 0 spiro atoms. The van der Waals surface area contributed by atoms with E-state index in [9.17, 15) is 9.90 Å². The number of esters is 1. The third-order valence-corrected chi connectivity index (χ3v) is 3.52. The first kappa shape index (κ1) is 17.4. The summed E-state index contributed by atoms with van der Waals surface area (Å²) in [6.07, 6.45) is 0. The zero-order chi connectivity index (χ0) is 17.5. The van der Waals surface area contributed by atoms with E-state index in [2.05, 4.69) is 0 Å². The summed E-state index contributed by atoms with van der Waals surface area (Å²) in [5.41, 5.74) is 1.22. The molecule has 0 heterocycles. The molecule has 0 aromatic heterocycles. The van der Waals surface area contributed by atoms with Gasteiger partial charge in [0.2, 0.25) is 0 Å². The average molecular weight is 327 g/mol. The lowest BCUT2D eigenvalue weighted by Gasteiger charge is -2.24. The Hall–Kier alpha value is -2.95. The molecular weight excluding hydrogens is 306 g/mol. The SMILES string of the molecule is CCOC(=O)/C(=C(\O)c1ccccc1)N(C)c1ccccc1OC. The Balaban J connectivity index is 2.56. The van der Waals surface area contributed by atoms with Crippen molar-refractivity contribution in [1.29, 1.82) is 0 Å². The lowest BCUT2D eigenvalue weighted by molar-refractivity contribution is -0.138. The Morgan fingerprint density at radius 2 is 1.71 bits per heavy atom. The van der Waals surface area contributed by atoms with Crippen molar-refractivity contribution in [1.82, 2.24) is 0 Å². The van der Waals surface area contributed by atoms with Crippen molar-refractivity contribution in [2.75, 3.05) is 25.7 Å². The Kier molecular flexibility index (Phi) is 5.84. The number of rotatable bonds is 6. The van der Waals surface area contributed by atoms with E-state index in [1.54, 1.807) is 62.4 Å². The maximum Gasteiger partial charge on any atom is 0.358 e. The number of ether oxygens (including phenoxy) is 2. The van der Waals surface area contributed by atoms with Gasteiger partial charge in [0.15, 0.2) is 11.5 Å². The van der Waals surface area contributed by atoms with Crippen LogP contribution in [0.1, 0.15) is 12.5 Å². The monoisotopic (exact) mass is 327 g/mol. The van der Waals surface area contributed by atoms with Crippen LogP contribution in [-0.4, -0.2) is 31.8 Å². The van der Waals surface area contributed by atoms with Crippen LogP contribution in [0.2, 0.25) is 0 Å².